The van der Waals surface area contributed by atoms with Gasteiger partial charge in [-0.3, -0.25) is 0 Å². The van der Waals surface area contributed by atoms with Crippen LogP contribution < -0.4 is 11.5 Å². The fourth-order valence-electron chi connectivity index (χ4n) is 3.26. The standard InChI is InChI=1S/C22H18N2/c23-17-9-3-8-16(14-17)19-11-5-13-21(24)22(19)20-12-4-7-15-6-1-2-10-18(15)20/h1-14H,23-24H2. The molecule has 0 saturated carbocycles. The lowest BCUT2D eigenvalue weighted by Gasteiger charge is -2.15. The lowest BCUT2D eigenvalue weighted by atomic mass is 9.90. The van der Waals surface area contributed by atoms with Gasteiger partial charge >= 0.3 is 0 Å². The van der Waals surface area contributed by atoms with E-state index in [4.69, 9.17) is 11.5 Å². The first-order chi connectivity index (χ1) is 11.7. The molecule has 24 heavy (non-hydrogen) atoms. The van der Waals surface area contributed by atoms with Crippen molar-refractivity contribution in [3.63, 3.8) is 0 Å². The Kier molecular flexibility index (Phi) is 3.43. The summed E-state index contributed by atoms with van der Waals surface area (Å²) < 4.78 is 0. The van der Waals surface area contributed by atoms with E-state index in [0.717, 1.165) is 33.6 Å². The summed E-state index contributed by atoms with van der Waals surface area (Å²) in [6.45, 7) is 0. The fraction of sp³-hybridized carbons (Fsp3) is 0. The normalized spacial score (nSPS) is 10.8. The number of nitrogens with two attached hydrogens (primary N) is 2. The number of anilines is 2. The van der Waals surface area contributed by atoms with E-state index in [-0.39, 0.29) is 0 Å². The summed E-state index contributed by atoms with van der Waals surface area (Å²) >= 11 is 0. The number of hydrogen-bond donors (Lipinski definition) is 2. The molecule has 0 atom stereocenters. The molecule has 116 valence electrons. The molecule has 0 fully saturated rings. The van der Waals surface area contributed by atoms with Crippen molar-refractivity contribution in [3.8, 4) is 22.3 Å². The predicted octanol–water partition coefficient (Wildman–Crippen LogP) is 5.34. The number of nitrogen functional groups attached to an aromatic ring is 2. The molecule has 4 rings (SSSR count). The molecule has 0 heterocycles. The van der Waals surface area contributed by atoms with E-state index in [9.17, 15) is 0 Å². The van der Waals surface area contributed by atoms with Crippen LogP contribution >= 0.6 is 0 Å². The maximum absolute atomic E-state index is 6.39. The average molecular weight is 310 g/mol. The minimum Gasteiger partial charge on any atom is -0.399 e. The maximum Gasteiger partial charge on any atom is 0.0400 e. The van der Waals surface area contributed by atoms with Crippen LogP contribution in [-0.2, 0) is 0 Å². The second-order valence-corrected chi connectivity index (χ2v) is 5.92. The van der Waals surface area contributed by atoms with E-state index in [1.807, 2.05) is 30.3 Å². The van der Waals surface area contributed by atoms with Gasteiger partial charge in [0.2, 0.25) is 0 Å². The summed E-state index contributed by atoms with van der Waals surface area (Å²) in [6, 6.07) is 28.7. The second kappa shape index (κ2) is 5.74. The molecule has 4 aromatic rings. The highest BCUT2D eigenvalue weighted by atomic mass is 14.6. The second-order valence-electron chi connectivity index (χ2n) is 5.92. The number of rotatable bonds is 2. The van der Waals surface area contributed by atoms with Crippen molar-refractivity contribution in [1.29, 1.82) is 0 Å². The summed E-state index contributed by atoms with van der Waals surface area (Å²) in [5, 5.41) is 2.40. The van der Waals surface area contributed by atoms with Gasteiger partial charge in [-0.2, -0.15) is 0 Å². The largest absolute Gasteiger partial charge is 0.399 e. The minimum absolute atomic E-state index is 0.749. The zero-order chi connectivity index (χ0) is 16.5. The topological polar surface area (TPSA) is 52.0 Å². The molecule has 0 aliphatic rings. The van der Waals surface area contributed by atoms with Gasteiger partial charge in [0.1, 0.15) is 0 Å². The Morgan fingerprint density at radius 2 is 1.29 bits per heavy atom. The van der Waals surface area contributed by atoms with E-state index in [1.165, 1.54) is 10.8 Å². The molecule has 0 unspecified atom stereocenters. The Morgan fingerprint density at radius 3 is 2.17 bits per heavy atom. The Labute approximate surface area is 141 Å². The SMILES string of the molecule is Nc1cccc(-c2cccc(N)c2-c2cccc3ccccc23)c1. The van der Waals surface area contributed by atoms with Crippen molar-refractivity contribution in [3.05, 3.63) is 84.9 Å². The zero-order valence-corrected chi connectivity index (χ0v) is 13.2. The lowest BCUT2D eigenvalue weighted by molar-refractivity contribution is 1.59. The van der Waals surface area contributed by atoms with Gasteiger partial charge < -0.3 is 11.5 Å². The third-order valence-corrected chi connectivity index (χ3v) is 4.35. The summed E-state index contributed by atoms with van der Waals surface area (Å²) in [6.07, 6.45) is 0. The van der Waals surface area contributed by atoms with Gasteiger partial charge in [0.25, 0.3) is 0 Å². The average Bonchev–Trinajstić information content (AvgIpc) is 2.61. The van der Waals surface area contributed by atoms with Crippen LogP contribution in [0.3, 0.4) is 0 Å². The Hall–Kier alpha value is -3.26. The van der Waals surface area contributed by atoms with E-state index in [2.05, 4.69) is 54.6 Å². The predicted molar refractivity (Wildman–Crippen MR) is 104 cm³/mol. The highest BCUT2D eigenvalue weighted by Crippen LogP contribution is 2.40. The third-order valence-electron chi connectivity index (χ3n) is 4.35. The molecule has 2 nitrogen and oxygen atoms in total. The molecule has 0 aromatic heterocycles. The Bertz CT molecular complexity index is 1030. The van der Waals surface area contributed by atoms with Crippen molar-refractivity contribution in [1.82, 2.24) is 0 Å². The molecule has 0 amide bonds. The number of benzene rings is 4. The fourth-order valence-corrected chi connectivity index (χ4v) is 3.26. The first-order valence-electron chi connectivity index (χ1n) is 7.96. The molecule has 0 aliphatic heterocycles. The molecular formula is C22H18N2. The van der Waals surface area contributed by atoms with Gasteiger partial charge in [0, 0.05) is 16.9 Å². The highest BCUT2D eigenvalue weighted by Gasteiger charge is 2.13. The molecular weight excluding hydrogens is 292 g/mol. The lowest BCUT2D eigenvalue weighted by Crippen LogP contribution is -1.95. The molecule has 0 saturated heterocycles. The smallest absolute Gasteiger partial charge is 0.0400 e. The summed E-state index contributed by atoms with van der Waals surface area (Å²) in [5.41, 5.74) is 18.3. The van der Waals surface area contributed by atoms with E-state index in [0.29, 0.717) is 0 Å². The van der Waals surface area contributed by atoms with Gasteiger partial charge in [-0.15, -0.1) is 0 Å². The van der Waals surface area contributed by atoms with Crippen molar-refractivity contribution in [2.24, 2.45) is 0 Å². The Balaban J connectivity index is 2.05. The molecule has 0 bridgehead atoms. The van der Waals surface area contributed by atoms with Crippen LogP contribution in [0.2, 0.25) is 0 Å². The van der Waals surface area contributed by atoms with Crippen molar-refractivity contribution in [2.75, 3.05) is 11.5 Å². The molecule has 2 heteroatoms. The van der Waals surface area contributed by atoms with Gasteiger partial charge in [-0.1, -0.05) is 66.7 Å². The van der Waals surface area contributed by atoms with Crippen LogP contribution in [0, 0.1) is 0 Å². The first kappa shape index (κ1) is 14.3. The van der Waals surface area contributed by atoms with Crippen LogP contribution in [0.25, 0.3) is 33.0 Å². The van der Waals surface area contributed by atoms with Gasteiger partial charge in [0.05, 0.1) is 0 Å². The van der Waals surface area contributed by atoms with Gasteiger partial charge in [0.15, 0.2) is 0 Å². The third kappa shape index (κ3) is 2.38. The number of fused-ring (bicyclic) bond motifs is 1. The van der Waals surface area contributed by atoms with Crippen LogP contribution in [0.4, 0.5) is 11.4 Å². The monoisotopic (exact) mass is 310 g/mol. The summed E-state index contributed by atoms with van der Waals surface area (Å²) in [5.74, 6) is 0. The van der Waals surface area contributed by atoms with E-state index in [1.54, 1.807) is 0 Å². The number of hydrogen-bond acceptors (Lipinski definition) is 2. The van der Waals surface area contributed by atoms with Crippen molar-refractivity contribution < 1.29 is 0 Å². The molecule has 4 aromatic carbocycles. The van der Waals surface area contributed by atoms with Gasteiger partial charge in [-0.05, 0) is 45.7 Å². The van der Waals surface area contributed by atoms with E-state index < -0.39 is 0 Å². The van der Waals surface area contributed by atoms with Crippen LogP contribution in [0.5, 0.6) is 0 Å². The van der Waals surface area contributed by atoms with Crippen LogP contribution in [0.15, 0.2) is 84.9 Å². The van der Waals surface area contributed by atoms with Crippen molar-refractivity contribution >= 4 is 22.1 Å². The first-order valence-corrected chi connectivity index (χ1v) is 7.96. The van der Waals surface area contributed by atoms with E-state index >= 15 is 0 Å². The molecule has 0 spiro atoms. The zero-order valence-electron chi connectivity index (χ0n) is 13.2. The molecule has 0 aliphatic carbocycles. The quantitative estimate of drug-likeness (QED) is 0.491. The summed E-state index contributed by atoms with van der Waals surface area (Å²) in [7, 11) is 0. The summed E-state index contributed by atoms with van der Waals surface area (Å²) in [4.78, 5) is 0. The van der Waals surface area contributed by atoms with Crippen LogP contribution in [-0.4, -0.2) is 0 Å². The highest BCUT2D eigenvalue weighted by molar-refractivity contribution is 6.03. The van der Waals surface area contributed by atoms with Gasteiger partial charge in [-0.25, -0.2) is 0 Å². The van der Waals surface area contributed by atoms with Crippen molar-refractivity contribution in [2.45, 2.75) is 0 Å². The van der Waals surface area contributed by atoms with Crippen LogP contribution in [0.1, 0.15) is 0 Å². The minimum atomic E-state index is 0.749. The maximum atomic E-state index is 6.39. The Morgan fingerprint density at radius 1 is 0.583 bits per heavy atom. The molecule has 0 radical (unpaired) electrons. The molecule has 4 N–H and O–H groups in total.